The van der Waals surface area contributed by atoms with Crippen molar-refractivity contribution in [3.8, 4) is 5.75 Å². The van der Waals surface area contributed by atoms with E-state index in [2.05, 4.69) is 29.0 Å². The molecule has 98 valence electrons. The summed E-state index contributed by atoms with van der Waals surface area (Å²) in [5.74, 6) is 0.930. The van der Waals surface area contributed by atoms with Gasteiger partial charge in [-0.1, -0.05) is 0 Å². The summed E-state index contributed by atoms with van der Waals surface area (Å²) in [6.45, 7) is 0. The molecule has 0 radical (unpaired) electrons. The predicted molar refractivity (Wildman–Crippen MR) is 66.4 cm³/mol. The summed E-state index contributed by atoms with van der Waals surface area (Å²) in [4.78, 5) is 1.38. The van der Waals surface area contributed by atoms with Gasteiger partial charge in [-0.05, 0) is 24.3 Å². The monoisotopic (exact) mass is 280 g/mol. The molecule has 7 heteroatoms. The Kier molecular flexibility index (Phi) is 7.21. The summed E-state index contributed by atoms with van der Waals surface area (Å²) in [5.41, 5.74) is 0. The van der Waals surface area contributed by atoms with E-state index in [0.717, 1.165) is 5.75 Å². The molecule has 0 fully saturated rings. The van der Waals surface area contributed by atoms with Crippen LogP contribution in [0.3, 0.4) is 0 Å². The Morgan fingerprint density at radius 2 is 1.59 bits per heavy atom. The zero-order valence-corrected chi connectivity index (χ0v) is 11.8. The topological polar surface area (TPSA) is 75.7 Å². The Balaban J connectivity index is 0.000000366. The van der Waals surface area contributed by atoms with Crippen molar-refractivity contribution in [1.29, 1.82) is 0 Å². The van der Waals surface area contributed by atoms with Crippen molar-refractivity contribution in [2.45, 2.75) is 4.90 Å². The number of rotatable bonds is 3. The van der Waals surface area contributed by atoms with Crippen LogP contribution in [0.5, 0.6) is 5.75 Å². The number of hydrogen-bond donors (Lipinski definition) is 0. The zero-order valence-electron chi connectivity index (χ0n) is 10.2. The highest BCUT2D eigenvalue weighted by molar-refractivity contribution is 7.95. The number of methoxy groups -OCH3 is 1. The van der Waals surface area contributed by atoms with Crippen molar-refractivity contribution in [1.82, 2.24) is 0 Å². The minimum absolute atomic E-state index is 0.355. The molecule has 0 aliphatic rings. The van der Waals surface area contributed by atoms with Crippen molar-refractivity contribution >= 4 is 21.0 Å². The van der Waals surface area contributed by atoms with Crippen LogP contribution in [0, 0.1) is 0 Å². The molecule has 1 rings (SSSR count). The highest BCUT2D eigenvalue weighted by atomic mass is 32.2. The van der Waals surface area contributed by atoms with Crippen LogP contribution in [0.1, 0.15) is 0 Å². The average Bonchev–Trinajstić information content (AvgIpc) is 2.29. The van der Waals surface area contributed by atoms with Crippen LogP contribution in [-0.2, 0) is 25.3 Å². The second-order valence-corrected chi connectivity index (χ2v) is 6.91. The van der Waals surface area contributed by atoms with Gasteiger partial charge in [0.25, 0.3) is 10.1 Å². The summed E-state index contributed by atoms with van der Waals surface area (Å²) in [6.07, 6.45) is 5.10. The molecule has 0 bridgehead atoms. The van der Waals surface area contributed by atoms with E-state index in [-0.39, 0.29) is 0 Å². The first-order chi connectivity index (χ1) is 7.80. The zero-order chi connectivity index (χ0) is 13.5. The van der Waals surface area contributed by atoms with Crippen molar-refractivity contribution in [2.75, 3.05) is 25.9 Å². The molecule has 0 spiro atoms. The maximum absolute atomic E-state index is 9.47. The first kappa shape index (κ1) is 16.2. The van der Waals surface area contributed by atoms with Crippen molar-refractivity contribution in [2.24, 2.45) is 0 Å². The van der Waals surface area contributed by atoms with E-state index in [0.29, 0.717) is 17.2 Å². The van der Waals surface area contributed by atoms with Crippen LogP contribution in [0.2, 0.25) is 0 Å². The van der Waals surface area contributed by atoms with Crippen LogP contribution in [0.4, 0.5) is 0 Å². The van der Waals surface area contributed by atoms with E-state index < -0.39 is 10.1 Å². The summed E-state index contributed by atoms with van der Waals surface area (Å²) in [6, 6.07) is 8.23. The molecule has 0 aliphatic carbocycles. The van der Waals surface area contributed by atoms with Gasteiger partial charge in [-0.2, -0.15) is 0 Å². The lowest BCUT2D eigenvalue weighted by Crippen LogP contribution is -2.12. The minimum atomic E-state index is -3.72. The maximum atomic E-state index is 9.47. The van der Waals surface area contributed by atoms with Crippen LogP contribution < -0.4 is 9.99 Å². The third-order valence-electron chi connectivity index (χ3n) is 1.65. The Morgan fingerprint density at radius 3 is 1.82 bits per heavy atom. The van der Waals surface area contributed by atoms with Gasteiger partial charge in [-0.3, -0.25) is 0 Å². The first-order valence-corrected chi connectivity index (χ1v) is 8.39. The average molecular weight is 280 g/mol. The number of ether oxygens (including phenoxy) is 1. The third-order valence-corrected chi connectivity index (χ3v) is 3.12. The lowest BCUT2D eigenvalue weighted by Gasteiger charge is -1.99. The summed E-state index contributed by atoms with van der Waals surface area (Å²) in [5, 5.41) is 8.86. The Bertz CT molecular complexity index is 411. The molecule has 5 nitrogen and oxygen atoms in total. The molecular formula is C10H16O5S2. The summed E-state index contributed by atoms with van der Waals surface area (Å²) >= 11 is 0. The van der Waals surface area contributed by atoms with Crippen LogP contribution in [0.25, 0.3) is 0 Å². The highest BCUT2D eigenvalue weighted by Crippen LogP contribution is 2.14. The van der Waals surface area contributed by atoms with Crippen molar-refractivity contribution in [3.63, 3.8) is 0 Å². The second-order valence-electron chi connectivity index (χ2n) is 3.26. The standard InChI is InChI=1S/C9H13OS.CH4O4S/c1-10-8-4-6-9(7-5-8)11(2)3;1-6(3,4)5-2/h4-7H,1-3H3;2H,1H3/q+1;/p-1. The van der Waals surface area contributed by atoms with Gasteiger partial charge in [-0.25, -0.2) is 8.42 Å². The highest BCUT2D eigenvalue weighted by Gasteiger charge is 2.06. The molecular weight excluding hydrogens is 264 g/mol. The minimum Gasteiger partial charge on any atom is -0.707 e. The number of hydrogen-bond acceptors (Lipinski definition) is 5. The fourth-order valence-electron chi connectivity index (χ4n) is 0.848. The molecule has 0 saturated heterocycles. The summed E-state index contributed by atoms with van der Waals surface area (Å²) in [7, 11) is -1.68. The van der Waals surface area contributed by atoms with E-state index in [1.54, 1.807) is 7.11 Å². The van der Waals surface area contributed by atoms with Gasteiger partial charge in [0.1, 0.15) is 18.3 Å². The fourth-order valence-corrected chi connectivity index (χ4v) is 1.53. The molecule has 0 atom stereocenters. The van der Waals surface area contributed by atoms with Gasteiger partial charge in [0.2, 0.25) is 0 Å². The van der Waals surface area contributed by atoms with Crippen LogP contribution >= 0.6 is 0 Å². The first-order valence-electron chi connectivity index (χ1n) is 4.53. The van der Waals surface area contributed by atoms with Crippen LogP contribution in [0.15, 0.2) is 29.2 Å². The van der Waals surface area contributed by atoms with Gasteiger partial charge >= 0.3 is 0 Å². The van der Waals surface area contributed by atoms with E-state index in [4.69, 9.17) is 9.99 Å². The normalized spacial score (nSPS) is 10.7. The molecule has 0 saturated carbocycles. The number of benzene rings is 1. The summed E-state index contributed by atoms with van der Waals surface area (Å²) < 4.78 is 26.6. The molecule has 0 amide bonds. The van der Waals surface area contributed by atoms with Crippen molar-refractivity contribution in [3.05, 3.63) is 24.3 Å². The molecule has 0 unspecified atom stereocenters. The maximum Gasteiger partial charge on any atom is 0.255 e. The molecule has 0 aromatic heterocycles. The predicted octanol–water partition coefficient (Wildman–Crippen LogP) is 0.170. The molecule has 17 heavy (non-hydrogen) atoms. The van der Waals surface area contributed by atoms with E-state index in [9.17, 15) is 8.42 Å². The smallest absolute Gasteiger partial charge is 0.255 e. The van der Waals surface area contributed by atoms with Gasteiger partial charge in [0.05, 0.1) is 13.4 Å². The molecule has 0 N–H and O–H groups in total. The van der Waals surface area contributed by atoms with E-state index in [1.807, 2.05) is 12.1 Å². The van der Waals surface area contributed by atoms with Gasteiger partial charge in [-0.15, -0.1) is 0 Å². The quantitative estimate of drug-likeness (QED) is 0.448. The lowest BCUT2D eigenvalue weighted by molar-refractivity contribution is -0.634. The van der Waals surface area contributed by atoms with Gasteiger partial charge in [0.15, 0.2) is 4.90 Å². The van der Waals surface area contributed by atoms with Crippen molar-refractivity contribution < 1.29 is 22.7 Å². The second kappa shape index (κ2) is 7.54. The Morgan fingerprint density at radius 1 is 1.18 bits per heavy atom. The molecule has 0 aliphatic heterocycles. The molecule has 1 aromatic rings. The van der Waals surface area contributed by atoms with E-state index in [1.165, 1.54) is 4.90 Å². The Labute approximate surface area is 105 Å². The third kappa shape index (κ3) is 8.03. The van der Waals surface area contributed by atoms with E-state index >= 15 is 0 Å². The van der Waals surface area contributed by atoms with Gasteiger partial charge in [0, 0.05) is 10.9 Å². The largest absolute Gasteiger partial charge is 0.707 e. The van der Waals surface area contributed by atoms with Crippen LogP contribution in [-0.4, -0.2) is 34.3 Å². The molecule has 1 aromatic carbocycles. The molecule has 0 heterocycles. The van der Waals surface area contributed by atoms with Gasteiger partial charge < -0.3 is 14.3 Å². The Hall–Kier alpha value is -0.760. The lowest BCUT2D eigenvalue weighted by atomic mass is 10.3. The SMILES string of the molecule is COc1ccc([S+](C)C)cc1.CS(=O)(=O)O[O-]. The fraction of sp³-hybridized carbons (Fsp3) is 0.400.